The number of carbonyl (C=O) groups excluding carboxylic acids is 1. The maximum atomic E-state index is 12.7. The molecule has 1 fully saturated rings. The number of aromatic nitrogens is 2. The van der Waals surface area contributed by atoms with Crippen LogP contribution < -0.4 is 10.0 Å². The Kier molecular flexibility index (Phi) is 6.59. The van der Waals surface area contributed by atoms with Gasteiger partial charge in [0.15, 0.2) is 0 Å². The Balaban J connectivity index is 1.75. The van der Waals surface area contributed by atoms with Gasteiger partial charge in [0, 0.05) is 24.1 Å². The number of hydrogen-bond donors (Lipinski definition) is 2. The first kappa shape index (κ1) is 22.1. The minimum absolute atomic E-state index is 0.0346. The Morgan fingerprint density at radius 2 is 2.10 bits per heavy atom. The van der Waals surface area contributed by atoms with Crippen molar-refractivity contribution in [2.75, 3.05) is 18.5 Å². The van der Waals surface area contributed by atoms with Gasteiger partial charge in [0.2, 0.25) is 15.2 Å². The van der Waals surface area contributed by atoms with E-state index in [1.54, 1.807) is 0 Å². The zero-order chi connectivity index (χ0) is 21.2. The van der Waals surface area contributed by atoms with Crippen molar-refractivity contribution in [3.63, 3.8) is 0 Å². The van der Waals surface area contributed by atoms with Crippen LogP contribution >= 0.6 is 22.9 Å². The molecule has 1 amide bonds. The maximum Gasteiger partial charge on any atom is 0.257 e. The number of halogens is 1. The number of ether oxygens (including phenoxy) is 1. The van der Waals surface area contributed by atoms with Crippen molar-refractivity contribution < 1.29 is 17.9 Å². The van der Waals surface area contributed by atoms with Gasteiger partial charge in [-0.05, 0) is 31.0 Å². The lowest BCUT2D eigenvalue weighted by Crippen LogP contribution is -2.32. The second-order valence-electron chi connectivity index (χ2n) is 7.75. The zero-order valence-electron chi connectivity index (χ0n) is 16.4. The summed E-state index contributed by atoms with van der Waals surface area (Å²) in [5, 5.41) is 11.9. The summed E-state index contributed by atoms with van der Waals surface area (Å²) in [5.41, 5.74) is -0.0314. The molecule has 1 aromatic heterocycles. The quantitative estimate of drug-likeness (QED) is 0.687. The molecule has 0 bridgehead atoms. The van der Waals surface area contributed by atoms with E-state index >= 15 is 0 Å². The van der Waals surface area contributed by atoms with E-state index in [1.165, 1.54) is 29.5 Å². The number of sulfonamides is 1. The minimum Gasteiger partial charge on any atom is -0.377 e. The Hall–Kier alpha value is -1.59. The molecule has 1 aliphatic heterocycles. The molecule has 1 aromatic carbocycles. The number of amides is 1. The molecule has 11 heteroatoms. The van der Waals surface area contributed by atoms with Crippen LogP contribution in [0.4, 0.5) is 5.13 Å². The van der Waals surface area contributed by atoms with E-state index in [2.05, 4.69) is 20.2 Å². The van der Waals surface area contributed by atoms with Crippen LogP contribution in [0.2, 0.25) is 5.02 Å². The van der Waals surface area contributed by atoms with Gasteiger partial charge in [0.25, 0.3) is 5.91 Å². The molecule has 8 nitrogen and oxygen atoms in total. The lowest BCUT2D eigenvalue weighted by molar-refractivity contribution is 0.102. The van der Waals surface area contributed by atoms with Gasteiger partial charge in [-0.25, -0.2) is 13.1 Å². The molecule has 29 heavy (non-hydrogen) atoms. The van der Waals surface area contributed by atoms with Gasteiger partial charge >= 0.3 is 0 Å². The van der Waals surface area contributed by atoms with Gasteiger partial charge in [-0.2, -0.15) is 0 Å². The third-order valence-corrected chi connectivity index (χ3v) is 7.46. The zero-order valence-corrected chi connectivity index (χ0v) is 18.7. The van der Waals surface area contributed by atoms with Crippen LogP contribution in [0, 0.1) is 0 Å². The van der Waals surface area contributed by atoms with E-state index in [0.717, 1.165) is 17.8 Å². The first-order valence-electron chi connectivity index (χ1n) is 9.12. The van der Waals surface area contributed by atoms with Crippen molar-refractivity contribution in [2.45, 2.75) is 50.0 Å². The van der Waals surface area contributed by atoms with Gasteiger partial charge in [-0.3, -0.25) is 10.1 Å². The molecule has 0 spiro atoms. The second kappa shape index (κ2) is 8.65. The number of nitrogens with zero attached hydrogens (tertiary/aromatic N) is 2. The van der Waals surface area contributed by atoms with Crippen molar-refractivity contribution in [3.8, 4) is 0 Å². The lowest BCUT2D eigenvalue weighted by atomic mass is 9.98. The first-order chi connectivity index (χ1) is 13.6. The summed E-state index contributed by atoms with van der Waals surface area (Å²) < 4.78 is 33.2. The molecule has 1 unspecified atom stereocenters. The molecule has 2 aromatic rings. The topological polar surface area (TPSA) is 110 Å². The minimum atomic E-state index is -3.89. The maximum absolute atomic E-state index is 12.7. The van der Waals surface area contributed by atoms with E-state index in [9.17, 15) is 13.2 Å². The van der Waals surface area contributed by atoms with Crippen molar-refractivity contribution in [1.82, 2.24) is 14.9 Å². The fraction of sp³-hybridized carbons (Fsp3) is 0.500. The molecule has 0 saturated carbocycles. The summed E-state index contributed by atoms with van der Waals surface area (Å²) in [4.78, 5) is 12.4. The predicted octanol–water partition coefficient (Wildman–Crippen LogP) is 3.20. The van der Waals surface area contributed by atoms with E-state index in [0.29, 0.717) is 11.7 Å². The Labute approximate surface area is 179 Å². The first-order valence-corrected chi connectivity index (χ1v) is 11.8. The average Bonchev–Trinajstić information content (AvgIpc) is 3.31. The highest BCUT2D eigenvalue weighted by atomic mass is 35.5. The van der Waals surface area contributed by atoms with Crippen LogP contribution in [0.25, 0.3) is 0 Å². The van der Waals surface area contributed by atoms with Crippen molar-refractivity contribution >= 4 is 44.0 Å². The molecule has 3 rings (SSSR count). The third-order valence-electron chi connectivity index (χ3n) is 4.29. The number of hydrogen-bond acceptors (Lipinski definition) is 7. The molecule has 158 valence electrons. The normalized spacial score (nSPS) is 17.4. The average molecular weight is 459 g/mol. The Morgan fingerprint density at radius 1 is 1.34 bits per heavy atom. The monoisotopic (exact) mass is 458 g/mol. The van der Waals surface area contributed by atoms with Gasteiger partial charge in [-0.1, -0.05) is 43.7 Å². The summed E-state index contributed by atoms with van der Waals surface area (Å²) in [7, 11) is -3.89. The van der Waals surface area contributed by atoms with E-state index in [-0.39, 0.29) is 33.5 Å². The summed E-state index contributed by atoms with van der Waals surface area (Å²) in [6.45, 7) is 6.79. The fourth-order valence-electron chi connectivity index (χ4n) is 2.68. The van der Waals surface area contributed by atoms with Gasteiger partial charge in [-0.15, -0.1) is 10.2 Å². The SMILES string of the molecule is CC(C)(C)c1nnc(NC(=O)c2ccc(Cl)c(S(=O)(=O)NCC3CCCO3)c2)s1. The van der Waals surface area contributed by atoms with E-state index in [4.69, 9.17) is 16.3 Å². The highest BCUT2D eigenvalue weighted by Gasteiger charge is 2.24. The molecule has 0 radical (unpaired) electrons. The Morgan fingerprint density at radius 3 is 2.72 bits per heavy atom. The van der Waals surface area contributed by atoms with Crippen LogP contribution in [-0.4, -0.2) is 43.8 Å². The Bertz CT molecular complexity index is 996. The molecule has 2 heterocycles. The van der Waals surface area contributed by atoms with Gasteiger partial charge < -0.3 is 4.74 Å². The van der Waals surface area contributed by atoms with Crippen LogP contribution in [0.1, 0.15) is 49.0 Å². The lowest BCUT2D eigenvalue weighted by Gasteiger charge is -2.13. The van der Waals surface area contributed by atoms with Crippen LogP contribution in [0.15, 0.2) is 23.1 Å². The fourth-order valence-corrected chi connectivity index (χ4v) is 5.07. The molecule has 2 N–H and O–H groups in total. The number of rotatable bonds is 6. The summed E-state index contributed by atoms with van der Waals surface area (Å²) >= 11 is 7.37. The smallest absolute Gasteiger partial charge is 0.257 e. The van der Waals surface area contributed by atoms with Gasteiger partial charge in [0.1, 0.15) is 9.90 Å². The summed E-state index contributed by atoms with van der Waals surface area (Å²) in [6.07, 6.45) is 1.56. The van der Waals surface area contributed by atoms with Crippen molar-refractivity contribution in [2.24, 2.45) is 0 Å². The molecular formula is C18H23ClN4O4S2. The summed E-state index contributed by atoms with van der Waals surface area (Å²) in [5.74, 6) is -0.492. The molecule has 1 atom stereocenters. The van der Waals surface area contributed by atoms with Crippen molar-refractivity contribution in [3.05, 3.63) is 33.8 Å². The molecule has 0 aliphatic carbocycles. The predicted molar refractivity (Wildman–Crippen MR) is 112 cm³/mol. The highest BCUT2D eigenvalue weighted by molar-refractivity contribution is 7.89. The number of benzene rings is 1. The molecule has 1 saturated heterocycles. The third kappa shape index (κ3) is 5.52. The van der Waals surface area contributed by atoms with E-state index < -0.39 is 15.9 Å². The molecular weight excluding hydrogens is 436 g/mol. The van der Waals surface area contributed by atoms with Gasteiger partial charge in [0.05, 0.1) is 11.1 Å². The standard InChI is InChI=1S/C18H23ClN4O4S2/c1-18(2,3)16-22-23-17(28-16)21-15(24)11-6-7-13(19)14(9-11)29(25,26)20-10-12-5-4-8-27-12/h6-7,9,12,20H,4-5,8,10H2,1-3H3,(H,21,23,24). The number of nitrogens with one attached hydrogen (secondary N) is 2. The largest absolute Gasteiger partial charge is 0.377 e. The number of carbonyl (C=O) groups is 1. The van der Waals surface area contributed by atoms with Crippen LogP contribution in [0.5, 0.6) is 0 Å². The van der Waals surface area contributed by atoms with Crippen LogP contribution in [0.3, 0.4) is 0 Å². The van der Waals surface area contributed by atoms with Crippen LogP contribution in [-0.2, 0) is 20.2 Å². The highest BCUT2D eigenvalue weighted by Crippen LogP contribution is 2.28. The number of anilines is 1. The van der Waals surface area contributed by atoms with Crippen molar-refractivity contribution in [1.29, 1.82) is 0 Å². The second-order valence-corrected chi connectivity index (χ2v) is 10.9. The summed E-state index contributed by atoms with van der Waals surface area (Å²) in [6, 6.07) is 4.10. The van der Waals surface area contributed by atoms with E-state index in [1.807, 2.05) is 20.8 Å². The molecule has 1 aliphatic rings.